The van der Waals surface area contributed by atoms with Crippen LogP contribution in [0.15, 0.2) is 31.3 Å². The van der Waals surface area contributed by atoms with Crippen molar-refractivity contribution in [2.75, 3.05) is 0 Å². The standard InChI is InChI=1S/C3H4.C2HF3.ClH.FH/c1-3-2;3-1-2(4)5;;/h1-2H2;1H;2*1H. The first-order chi connectivity index (χ1) is 3.68. The van der Waals surface area contributed by atoms with Gasteiger partial charge in [0.05, 0.1) is 0 Å². The van der Waals surface area contributed by atoms with E-state index in [1.54, 1.807) is 0 Å². The third kappa shape index (κ3) is 177. The fourth-order valence-corrected chi connectivity index (χ4v) is 0. The van der Waals surface area contributed by atoms with Crippen molar-refractivity contribution < 1.29 is 17.9 Å². The van der Waals surface area contributed by atoms with Gasteiger partial charge >= 0.3 is 0 Å². The van der Waals surface area contributed by atoms with Crippen molar-refractivity contribution in [3.05, 3.63) is 31.3 Å². The predicted octanol–water partition coefficient (Wildman–Crippen LogP) is 3.23. The quantitative estimate of drug-likeness (QED) is 0.395. The molecule has 0 rings (SSSR count). The molecule has 0 N–H and O–H groups in total. The highest BCUT2D eigenvalue weighted by atomic mass is 35.5. The van der Waals surface area contributed by atoms with Gasteiger partial charge in [0, 0.05) is 0 Å². The van der Waals surface area contributed by atoms with E-state index < -0.39 is 12.4 Å². The van der Waals surface area contributed by atoms with Crippen LogP contribution in [-0.2, 0) is 0 Å². The normalized spacial score (nSPS) is 4.30. The minimum absolute atomic E-state index is 0. The zero-order chi connectivity index (χ0) is 6.99. The molecular weight excluding hydrogens is 172 g/mol. The van der Waals surface area contributed by atoms with Gasteiger partial charge in [0.15, 0.2) is 6.33 Å². The minimum Gasteiger partial charge on any atom is -0.269 e. The second kappa shape index (κ2) is 24.0. The van der Waals surface area contributed by atoms with E-state index in [2.05, 4.69) is 18.9 Å². The molecule has 0 radical (unpaired) electrons. The molecule has 0 bridgehead atoms. The largest absolute Gasteiger partial charge is 0.298 e. The fraction of sp³-hybridized carbons (Fsp3) is 0. The second-order valence-electron chi connectivity index (χ2n) is 0.649. The molecule has 0 aromatic carbocycles. The zero-order valence-electron chi connectivity index (χ0n) is 4.94. The van der Waals surface area contributed by atoms with Crippen LogP contribution in [0.1, 0.15) is 0 Å². The van der Waals surface area contributed by atoms with E-state index in [1.807, 2.05) is 0 Å². The molecule has 0 aliphatic heterocycles. The summed E-state index contributed by atoms with van der Waals surface area (Å²) < 4.78 is 30.7. The van der Waals surface area contributed by atoms with Crippen molar-refractivity contribution >= 4 is 12.4 Å². The van der Waals surface area contributed by atoms with Gasteiger partial charge in [-0.1, -0.05) is 13.2 Å². The summed E-state index contributed by atoms with van der Waals surface area (Å²) in [6.07, 6.45) is -3.04. The third-order valence-corrected chi connectivity index (χ3v) is 0.0825. The van der Waals surface area contributed by atoms with Crippen molar-refractivity contribution in [1.29, 1.82) is 0 Å². The van der Waals surface area contributed by atoms with Gasteiger partial charge in [0.1, 0.15) is 0 Å². The van der Waals surface area contributed by atoms with Gasteiger partial charge in [0.25, 0.3) is 6.08 Å². The van der Waals surface area contributed by atoms with Crippen LogP contribution in [0.5, 0.6) is 0 Å². The van der Waals surface area contributed by atoms with Gasteiger partial charge in [-0.3, -0.25) is 4.70 Å². The molecule has 0 spiro atoms. The van der Waals surface area contributed by atoms with E-state index in [0.29, 0.717) is 0 Å². The molecule has 0 saturated heterocycles. The van der Waals surface area contributed by atoms with E-state index in [0.717, 1.165) is 0 Å². The summed E-state index contributed by atoms with van der Waals surface area (Å²) in [6, 6.07) is 0. The Labute approximate surface area is 62.5 Å². The van der Waals surface area contributed by atoms with Crippen LogP contribution in [0, 0.1) is 0 Å². The highest BCUT2D eigenvalue weighted by Crippen LogP contribution is 1.93. The van der Waals surface area contributed by atoms with Gasteiger partial charge in [-0.05, 0) is 0 Å². The lowest BCUT2D eigenvalue weighted by molar-refractivity contribution is 0.400. The summed E-state index contributed by atoms with van der Waals surface area (Å²) in [5.74, 6) is 0. The Morgan fingerprint density at radius 2 is 1.40 bits per heavy atom. The van der Waals surface area contributed by atoms with Crippen LogP contribution in [0.3, 0.4) is 0 Å². The average Bonchev–Trinajstić information content (AvgIpc) is 1.69. The van der Waals surface area contributed by atoms with Crippen LogP contribution in [0.4, 0.5) is 17.9 Å². The van der Waals surface area contributed by atoms with E-state index in [9.17, 15) is 13.2 Å². The zero-order valence-corrected chi connectivity index (χ0v) is 5.76. The maximum Gasteiger partial charge on any atom is 0.298 e. The molecule has 0 aromatic rings. The lowest BCUT2D eigenvalue weighted by atomic mass is 11.0. The molecule has 0 heterocycles. The Morgan fingerprint density at radius 3 is 1.40 bits per heavy atom. The monoisotopic (exact) mass is 178 g/mol. The first-order valence-electron chi connectivity index (χ1n) is 1.59. The Bertz CT molecular complexity index is 100. The summed E-state index contributed by atoms with van der Waals surface area (Å²) in [6.45, 7) is 6.25. The van der Waals surface area contributed by atoms with Crippen molar-refractivity contribution in [2.45, 2.75) is 0 Å². The average molecular weight is 179 g/mol. The lowest BCUT2D eigenvalue weighted by Crippen LogP contribution is -1.42. The Balaban J connectivity index is -0.0000000326. The Hall–Kier alpha value is -0.730. The third-order valence-electron chi connectivity index (χ3n) is 0.0825. The minimum atomic E-state index is -2.29. The molecule has 0 aromatic heterocycles. The van der Waals surface area contributed by atoms with Crippen LogP contribution < -0.4 is 0 Å². The van der Waals surface area contributed by atoms with E-state index in [1.165, 1.54) is 0 Å². The molecule has 0 fully saturated rings. The van der Waals surface area contributed by atoms with Crippen molar-refractivity contribution in [2.24, 2.45) is 0 Å². The topological polar surface area (TPSA) is 0 Å². The molecule has 0 amide bonds. The first kappa shape index (κ1) is 22.8. The van der Waals surface area contributed by atoms with Crippen molar-refractivity contribution in [1.82, 2.24) is 0 Å². The van der Waals surface area contributed by atoms with Crippen molar-refractivity contribution in [3.63, 3.8) is 0 Å². The van der Waals surface area contributed by atoms with Crippen LogP contribution in [0.2, 0.25) is 0 Å². The molecular formula is C5H7ClF4. The lowest BCUT2D eigenvalue weighted by Gasteiger charge is -1.59. The maximum atomic E-state index is 10.2. The second-order valence-corrected chi connectivity index (χ2v) is 0.649. The number of hydrogen-bond acceptors (Lipinski definition) is 0. The molecule has 5 heteroatoms. The smallest absolute Gasteiger partial charge is 0.269 e. The predicted molar refractivity (Wildman–Crippen MR) is 35.9 cm³/mol. The van der Waals surface area contributed by atoms with Gasteiger partial charge < -0.3 is 0 Å². The van der Waals surface area contributed by atoms with Crippen LogP contribution >= 0.6 is 12.4 Å². The van der Waals surface area contributed by atoms with Gasteiger partial charge in [-0.15, -0.1) is 18.1 Å². The molecule has 0 aliphatic carbocycles. The Morgan fingerprint density at radius 1 is 1.30 bits per heavy atom. The van der Waals surface area contributed by atoms with E-state index in [4.69, 9.17) is 0 Å². The van der Waals surface area contributed by atoms with Gasteiger partial charge in [-0.2, -0.15) is 8.78 Å². The highest BCUT2D eigenvalue weighted by Gasteiger charge is 1.78. The molecule has 62 valence electrons. The number of halogens is 5. The van der Waals surface area contributed by atoms with Crippen LogP contribution in [0.25, 0.3) is 0 Å². The maximum absolute atomic E-state index is 10.2. The summed E-state index contributed by atoms with van der Waals surface area (Å²) in [5, 5.41) is 0. The van der Waals surface area contributed by atoms with Crippen LogP contribution in [-0.4, -0.2) is 0 Å². The first-order valence-corrected chi connectivity index (χ1v) is 1.59. The molecule has 0 aliphatic rings. The van der Waals surface area contributed by atoms with Gasteiger partial charge in [-0.25, -0.2) is 4.39 Å². The van der Waals surface area contributed by atoms with E-state index >= 15 is 0 Å². The fourth-order valence-electron chi connectivity index (χ4n) is 0. The molecule has 0 unspecified atom stereocenters. The number of rotatable bonds is 0. The highest BCUT2D eigenvalue weighted by molar-refractivity contribution is 5.85. The molecule has 0 nitrogen and oxygen atoms in total. The van der Waals surface area contributed by atoms with Gasteiger partial charge in [0.2, 0.25) is 0 Å². The van der Waals surface area contributed by atoms with E-state index in [-0.39, 0.29) is 17.1 Å². The SMILES string of the molecule is C=C=C.Cl.F.FC=C(F)F. The number of hydrogen-bond donors (Lipinski definition) is 0. The molecule has 0 atom stereocenters. The summed E-state index contributed by atoms with van der Waals surface area (Å²) in [5.41, 5.74) is 2.25. The Kier molecular flexibility index (Phi) is 54.7. The molecule has 10 heavy (non-hydrogen) atoms. The summed E-state index contributed by atoms with van der Waals surface area (Å²) in [4.78, 5) is 0. The summed E-state index contributed by atoms with van der Waals surface area (Å²) >= 11 is 0. The summed E-state index contributed by atoms with van der Waals surface area (Å²) in [7, 11) is 0. The molecule has 0 saturated carbocycles. The van der Waals surface area contributed by atoms with Crippen molar-refractivity contribution in [3.8, 4) is 0 Å².